The predicted molar refractivity (Wildman–Crippen MR) is 68.6 cm³/mol. The number of aromatic nitrogens is 2. The van der Waals surface area contributed by atoms with E-state index in [2.05, 4.69) is 15.5 Å². The summed E-state index contributed by atoms with van der Waals surface area (Å²) in [5.41, 5.74) is 5.56. The van der Waals surface area contributed by atoms with Crippen LogP contribution < -0.4 is 11.1 Å². The topological polar surface area (TPSA) is 124 Å². The third-order valence-electron chi connectivity index (χ3n) is 2.96. The van der Waals surface area contributed by atoms with Crippen molar-refractivity contribution in [3.63, 3.8) is 0 Å². The Hall–Kier alpha value is -2.09. The summed E-state index contributed by atoms with van der Waals surface area (Å²) >= 11 is 0. The van der Waals surface area contributed by atoms with Crippen molar-refractivity contribution in [2.75, 3.05) is 20.1 Å². The van der Waals surface area contributed by atoms with Crippen LogP contribution in [-0.4, -0.2) is 58.2 Å². The van der Waals surface area contributed by atoms with Crippen molar-refractivity contribution in [2.24, 2.45) is 5.73 Å². The highest BCUT2D eigenvalue weighted by molar-refractivity contribution is 5.95. The zero-order valence-corrected chi connectivity index (χ0v) is 11.2. The van der Waals surface area contributed by atoms with Gasteiger partial charge in [-0.05, 0) is 20.9 Å². The van der Waals surface area contributed by atoms with Crippen LogP contribution in [0.5, 0.6) is 5.75 Å². The number of aromatic hydroxyl groups is 1. The van der Waals surface area contributed by atoms with Gasteiger partial charge in [0.25, 0.3) is 5.91 Å². The lowest BCUT2D eigenvalue weighted by atomic mass is 10.3. The second-order valence-electron chi connectivity index (χ2n) is 4.35. The molecule has 1 unspecified atom stereocenters. The SMILES string of the molecule is Cc1n[nH]c(C(=O)NCCN(C)C(C)C(N)=O)c1O. The molecule has 0 aliphatic carbocycles. The molecule has 0 saturated heterocycles. The van der Waals surface area contributed by atoms with Crippen LogP contribution in [0.15, 0.2) is 0 Å². The van der Waals surface area contributed by atoms with E-state index in [0.29, 0.717) is 18.8 Å². The Bertz CT molecular complexity index is 471. The standard InChI is InChI=1S/C11H19N5O3/c1-6-9(17)8(15-14-6)11(19)13-4-5-16(3)7(2)10(12)18/h7,17H,4-5H2,1-3H3,(H2,12,18)(H,13,19)(H,14,15). The number of amides is 2. The Kier molecular flexibility index (Phi) is 4.87. The third kappa shape index (κ3) is 3.68. The number of primary amides is 1. The molecule has 19 heavy (non-hydrogen) atoms. The third-order valence-corrected chi connectivity index (χ3v) is 2.96. The number of nitrogens with two attached hydrogens (primary N) is 1. The number of hydrogen-bond acceptors (Lipinski definition) is 5. The van der Waals surface area contributed by atoms with Gasteiger partial charge < -0.3 is 16.2 Å². The maximum Gasteiger partial charge on any atom is 0.273 e. The molecule has 8 nitrogen and oxygen atoms in total. The smallest absolute Gasteiger partial charge is 0.273 e. The first-order valence-electron chi connectivity index (χ1n) is 5.86. The number of aryl methyl sites for hydroxylation is 1. The molecule has 1 atom stereocenters. The van der Waals surface area contributed by atoms with Gasteiger partial charge in [-0.1, -0.05) is 0 Å². The molecule has 1 aromatic rings. The van der Waals surface area contributed by atoms with Crippen LogP contribution in [0.3, 0.4) is 0 Å². The monoisotopic (exact) mass is 269 g/mol. The zero-order valence-electron chi connectivity index (χ0n) is 11.2. The number of H-pyrrole nitrogens is 1. The summed E-state index contributed by atoms with van der Waals surface area (Å²) in [6.45, 7) is 4.06. The summed E-state index contributed by atoms with van der Waals surface area (Å²) in [6.07, 6.45) is 0. The normalized spacial score (nSPS) is 12.4. The Morgan fingerprint density at radius 1 is 1.58 bits per heavy atom. The minimum atomic E-state index is -0.446. The number of carbonyl (C=O) groups excluding carboxylic acids is 2. The Labute approximate surface area is 111 Å². The first kappa shape index (κ1) is 15.0. The summed E-state index contributed by atoms with van der Waals surface area (Å²) in [4.78, 5) is 24.4. The Balaban J connectivity index is 2.44. The molecule has 0 aliphatic rings. The van der Waals surface area contributed by atoms with E-state index < -0.39 is 17.9 Å². The van der Waals surface area contributed by atoms with Crippen molar-refractivity contribution >= 4 is 11.8 Å². The highest BCUT2D eigenvalue weighted by atomic mass is 16.3. The van der Waals surface area contributed by atoms with Crippen molar-refractivity contribution in [3.05, 3.63) is 11.4 Å². The van der Waals surface area contributed by atoms with Crippen LogP contribution in [0.25, 0.3) is 0 Å². The minimum Gasteiger partial charge on any atom is -0.504 e. The van der Waals surface area contributed by atoms with Crippen molar-refractivity contribution in [2.45, 2.75) is 19.9 Å². The molecule has 8 heteroatoms. The van der Waals surface area contributed by atoms with Crippen LogP contribution in [0.2, 0.25) is 0 Å². The maximum absolute atomic E-state index is 11.7. The van der Waals surface area contributed by atoms with E-state index in [1.807, 2.05) is 0 Å². The highest BCUT2D eigenvalue weighted by Gasteiger charge is 2.17. The van der Waals surface area contributed by atoms with Gasteiger partial charge in [-0.25, -0.2) is 0 Å². The summed E-state index contributed by atoms with van der Waals surface area (Å²) < 4.78 is 0. The fourth-order valence-corrected chi connectivity index (χ4v) is 1.43. The number of nitrogens with one attached hydrogen (secondary N) is 2. The van der Waals surface area contributed by atoms with Gasteiger partial charge in [-0.2, -0.15) is 5.10 Å². The Morgan fingerprint density at radius 3 is 2.68 bits per heavy atom. The zero-order chi connectivity index (χ0) is 14.6. The van der Waals surface area contributed by atoms with E-state index in [9.17, 15) is 14.7 Å². The molecule has 0 bridgehead atoms. The van der Waals surface area contributed by atoms with Crippen LogP contribution in [0, 0.1) is 6.92 Å². The molecule has 0 fully saturated rings. The fraction of sp³-hybridized carbons (Fsp3) is 0.545. The van der Waals surface area contributed by atoms with Gasteiger partial charge in [0.2, 0.25) is 5.91 Å². The minimum absolute atomic E-state index is 0.0307. The van der Waals surface area contributed by atoms with Crippen molar-refractivity contribution in [3.8, 4) is 5.75 Å². The Morgan fingerprint density at radius 2 is 2.21 bits per heavy atom. The molecular formula is C11H19N5O3. The van der Waals surface area contributed by atoms with Gasteiger partial charge >= 0.3 is 0 Å². The van der Waals surface area contributed by atoms with Gasteiger partial charge in [0.1, 0.15) is 5.69 Å². The summed E-state index contributed by atoms with van der Waals surface area (Å²) in [7, 11) is 1.74. The predicted octanol–water partition coefficient (Wildman–Crippen LogP) is -1.04. The molecule has 1 rings (SSSR count). The first-order chi connectivity index (χ1) is 8.84. The largest absolute Gasteiger partial charge is 0.504 e. The van der Waals surface area contributed by atoms with Gasteiger partial charge in [-0.15, -0.1) is 0 Å². The molecule has 0 aromatic carbocycles. The van der Waals surface area contributed by atoms with Crippen molar-refractivity contribution in [1.29, 1.82) is 0 Å². The van der Waals surface area contributed by atoms with Crippen molar-refractivity contribution < 1.29 is 14.7 Å². The molecule has 2 amide bonds. The van der Waals surface area contributed by atoms with E-state index in [1.165, 1.54) is 0 Å². The van der Waals surface area contributed by atoms with E-state index in [0.717, 1.165) is 0 Å². The molecule has 1 aromatic heterocycles. The van der Waals surface area contributed by atoms with E-state index >= 15 is 0 Å². The molecule has 1 heterocycles. The lowest BCUT2D eigenvalue weighted by Crippen LogP contribution is -2.43. The summed E-state index contributed by atoms with van der Waals surface area (Å²) in [6, 6.07) is -0.403. The number of hydrogen-bond donors (Lipinski definition) is 4. The van der Waals surface area contributed by atoms with E-state index in [1.54, 1.807) is 25.8 Å². The van der Waals surface area contributed by atoms with Crippen LogP contribution in [0.1, 0.15) is 23.1 Å². The first-order valence-corrected chi connectivity index (χ1v) is 5.86. The van der Waals surface area contributed by atoms with Crippen LogP contribution >= 0.6 is 0 Å². The van der Waals surface area contributed by atoms with Gasteiger partial charge in [0.05, 0.1) is 6.04 Å². The fourth-order valence-electron chi connectivity index (χ4n) is 1.43. The molecule has 0 aliphatic heterocycles. The molecule has 5 N–H and O–H groups in total. The molecule has 0 saturated carbocycles. The summed E-state index contributed by atoms with van der Waals surface area (Å²) in [5, 5.41) is 18.3. The van der Waals surface area contributed by atoms with E-state index in [-0.39, 0.29) is 11.4 Å². The number of nitrogens with zero attached hydrogens (tertiary/aromatic N) is 2. The molecular weight excluding hydrogens is 250 g/mol. The van der Waals surface area contributed by atoms with Crippen molar-refractivity contribution in [1.82, 2.24) is 20.4 Å². The number of rotatable bonds is 6. The van der Waals surface area contributed by atoms with Gasteiger partial charge in [-0.3, -0.25) is 19.6 Å². The average Bonchev–Trinajstić information content (AvgIpc) is 2.68. The van der Waals surface area contributed by atoms with Gasteiger partial charge in [0.15, 0.2) is 11.4 Å². The number of aromatic amines is 1. The lowest BCUT2D eigenvalue weighted by Gasteiger charge is -2.21. The lowest BCUT2D eigenvalue weighted by molar-refractivity contribution is -0.122. The summed E-state index contributed by atoms with van der Waals surface area (Å²) in [5.74, 6) is -1.02. The quantitative estimate of drug-likeness (QED) is 0.525. The molecule has 106 valence electrons. The van der Waals surface area contributed by atoms with Gasteiger partial charge in [0, 0.05) is 13.1 Å². The molecule has 0 radical (unpaired) electrons. The number of carbonyl (C=O) groups is 2. The van der Waals surface area contributed by atoms with E-state index in [4.69, 9.17) is 5.73 Å². The van der Waals surface area contributed by atoms with Crippen LogP contribution in [-0.2, 0) is 4.79 Å². The second kappa shape index (κ2) is 6.19. The number of likely N-dealkylation sites (N-methyl/N-ethyl adjacent to an activating group) is 1. The average molecular weight is 269 g/mol. The second-order valence-corrected chi connectivity index (χ2v) is 4.35. The molecule has 0 spiro atoms. The highest BCUT2D eigenvalue weighted by Crippen LogP contribution is 2.17. The maximum atomic E-state index is 11.7. The van der Waals surface area contributed by atoms with Crippen LogP contribution in [0.4, 0.5) is 0 Å².